The summed E-state index contributed by atoms with van der Waals surface area (Å²) in [6, 6.07) is 33.6. The van der Waals surface area contributed by atoms with Gasteiger partial charge in [-0.1, -0.05) is 91.0 Å². The topological polar surface area (TPSA) is 40.6 Å². The predicted molar refractivity (Wildman–Crippen MR) is 185 cm³/mol. The minimum Gasteiger partial charge on any atom is -0.456 e. The van der Waals surface area contributed by atoms with Gasteiger partial charge in [-0.05, 0) is 73.0 Å². The van der Waals surface area contributed by atoms with E-state index in [1.54, 1.807) is 0 Å². The minimum atomic E-state index is 0.111. The van der Waals surface area contributed by atoms with E-state index in [0.717, 1.165) is 54.8 Å². The maximum atomic E-state index is 9.92. The lowest BCUT2D eigenvalue weighted by Gasteiger charge is -2.29. The van der Waals surface area contributed by atoms with E-state index in [1.807, 2.05) is 47.7 Å². The molecular weight excluding hydrogens is 571 g/mol. The van der Waals surface area contributed by atoms with Gasteiger partial charge in [0, 0.05) is 40.2 Å². The van der Waals surface area contributed by atoms with Crippen LogP contribution in [0, 0.1) is 17.9 Å². The lowest BCUT2D eigenvalue weighted by molar-refractivity contribution is 0.369. The predicted octanol–water partition coefficient (Wildman–Crippen LogP) is 10.7. The minimum absolute atomic E-state index is 0.111. The quantitative estimate of drug-likeness (QED) is 0.168. The molecule has 3 aromatic carbocycles. The Morgan fingerprint density at radius 1 is 0.800 bits per heavy atom. The van der Waals surface area contributed by atoms with Gasteiger partial charge in [0.15, 0.2) is 0 Å². The molecule has 0 N–H and O–H groups in total. The summed E-state index contributed by atoms with van der Waals surface area (Å²) in [7, 11) is 0. The summed E-state index contributed by atoms with van der Waals surface area (Å²) in [6.07, 6.45) is 10.5. The Balaban J connectivity index is 1.45. The fourth-order valence-electron chi connectivity index (χ4n) is 6.64. The summed E-state index contributed by atoms with van der Waals surface area (Å²) < 4.78 is 6.73. The third kappa shape index (κ3) is 5.64. The largest absolute Gasteiger partial charge is 0.456 e. The fourth-order valence-corrected chi connectivity index (χ4v) is 8.00. The van der Waals surface area contributed by atoms with E-state index >= 15 is 0 Å². The van der Waals surface area contributed by atoms with E-state index in [2.05, 4.69) is 82.6 Å². The van der Waals surface area contributed by atoms with Crippen LogP contribution in [-0.4, -0.2) is 13.1 Å². The zero-order valence-corrected chi connectivity index (χ0v) is 25.9. The maximum Gasteiger partial charge on any atom is 0.269 e. The molecule has 220 valence electrons. The molecule has 1 aromatic heterocycles. The molecule has 2 aliphatic heterocycles. The molecule has 1 saturated heterocycles. The third-order valence-electron chi connectivity index (χ3n) is 8.77. The number of nitriles is 1. The standard InChI is InChI=1S/C40H33N3OS/c1-42-34(27-41)33-26-35(28-15-6-2-7-16-28)44-39-31(21-14-22-32(33)39)25-36-37(29-17-8-3-9-18-29)38(30-19-10-4-11-20-30)40(45-36)43-23-12-5-13-24-43/h2-4,6-11,15-20,25-26H,5,12-14,21-24H2/b31-25+,34-33+. The van der Waals surface area contributed by atoms with Crippen LogP contribution in [0.25, 0.3) is 38.9 Å². The molecule has 0 radical (unpaired) electrons. The molecule has 5 heteroatoms. The molecule has 0 bridgehead atoms. The number of benzene rings is 3. The summed E-state index contributed by atoms with van der Waals surface area (Å²) in [4.78, 5) is 7.42. The molecule has 1 aliphatic carbocycles. The molecular formula is C40H33N3OS. The number of thiophene rings is 1. The number of nitrogens with zero attached hydrogens (tertiary/aromatic N) is 3. The van der Waals surface area contributed by atoms with Gasteiger partial charge in [-0.25, -0.2) is 10.1 Å². The second-order valence-corrected chi connectivity index (χ2v) is 12.6. The first-order valence-corrected chi connectivity index (χ1v) is 16.5. The first kappa shape index (κ1) is 28.7. The second-order valence-electron chi connectivity index (χ2n) is 11.6. The monoisotopic (exact) mass is 603 g/mol. The van der Waals surface area contributed by atoms with Gasteiger partial charge in [-0.3, -0.25) is 0 Å². The van der Waals surface area contributed by atoms with E-state index in [4.69, 9.17) is 11.3 Å². The molecule has 0 spiro atoms. The smallest absolute Gasteiger partial charge is 0.269 e. The zero-order chi connectivity index (χ0) is 30.6. The van der Waals surface area contributed by atoms with E-state index < -0.39 is 0 Å². The van der Waals surface area contributed by atoms with Crippen molar-refractivity contribution < 1.29 is 4.74 Å². The van der Waals surface area contributed by atoms with Crippen molar-refractivity contribution in [2.24, 2.45) is 0 Å². The first-order valence-electron chi connectivity index (χ1n) is 15.7. The lowest BCUT2D eigenvalue weighted by Crippen LogP contribution is -2.28. The number of hydrogen-bond donors (Lipinski definition) is 0. The SMILES string of the molecule is [C-]#[N+]/C(C#N)=C1\C=C(c2ccccc2)OC2=C1CCC/C2=C\c1sc(N2CCCCC2)c(-c2ccccc2)c1-c1ccccc1. The molecule has 7 rings (SSSR count). The normalized spacial score (nSPS) is 18.4. The number of allylic oxidation sites excluding steroid dienone is 5. The van der Waals surface area contributed by atoms with Crippen LogP contribution in [0.5, 0.6) is 0 Å². The fraction of sp³-hybridized carbons (Fsp3) is 0.200. The Morgan fingerprint density at radius 2 is 1.42 bits per heavy atom. The summed E-state index contributed by atoms with van der Waals surface area (Å²) in [5, 5.41) is 11.2. The molecule has 3 heterocycles. The summed E-state index contributed by atoms with van der Waals surface area (Å²) in [5.74, 6) is 1.46. The van der Waals surface area contributed by atoms with Crippen LogP contribution in [0.3, 0.4) is 0 Å². The van der Waals surface area contributed by atoms with Gasteiger partial charge in [0.25, 0.3) is 5.70 Å². The van der Waals surface area contributed by atoms with Crippen molar-refractivity contribution in [3.63, 3.8) is 0 Å². The molecule has 4 aromatic rings. The lowest BCUT2D eigenvalue weighted by atomic mass is 9.85. The van der Waals surface area contributed by atoms with Gasteiger partial charge in [-0.2, -0.15) is 0 Å². The zero-order valence-electron chi connectivity index (χ0n) is 25.1. The van der Waals surface area contributed by atoms with Crippen molar-refractivity contribution in [2.75, 3.05) is 18.0 Å². The van der Waals surface area contributed by atoms with Crippen LogP contribution in [-0.2, 0) is 4.74 Å². The number of anilines is 1. The van der Waals surface area contributed by atoms with Crippen molar-refractivity contribution in [3.05, 3.63) is 147 Å². The second kappa shape index (κ2) is 12.9. The van der Waals surface area contributed by atoms with Crippen LogP contribution in [0.15, 0.2) is 125 Å². The maximum absolute atomic E-state index is 9.92. The number of hydrogen-bond acceptors (Lipinski definition) is 4. The molecule has 4 nitrogen and oxygen atoms in total. The Bertz CT molecular complexity index is 1910. The van der Waals surface area contributed by atoms with Crippen molar-refractivity contribution in [2.45, 2.75) is 38.5 Å². The molecule has 1 fully saturated rings. The highest BCUT2D eigenvalue weighted by atomic mass is 32.1. The third-order valence-corrected chi connectivity index (χ3v) is 9.97. The Kier molecular flexibility index (Phi) is 8.19. The number of ether oxygens (including phenoxy) is 1. The summed E-state index contributed by atoms with van der Waals surface area (Å²) in [6.45, 7) is 9.90. The molecule has 0 saturated carbocycles. The highest BCUT2D eigenvalue weighted by molar-refractivity contribution is 7.18. The number of piperidine rings is 1. The first-order chi connectivity index (χ1) is 22.2. The summed E-state index contributed by atoms with van der Waals surface area (Å²) in [5.41, 5.74) is 8.75. The van der Waals surface area contributed by atoms with Gasteiger partial charge in [-0.15, -0.1) is 11.3 Å². The molecule has 3 aliphatic rings. The Hall–Kier alpha value is -5.10. The van der Waals surface area contributed by atoms with Crippen molar-refractivity contribution in [1.82, 2.24) is 0 Å². The van der Waals surface area contributed by atoms with Gasteiger partial charge in [0.2, 0.25) is 0 Å². The van der Waals surface area contributed by atoms with E-state index in [-0.39, 0.29) is 5.70 Å². The van der Waals surface area contributed by atoms with Crippen molar-refractivity contribution in [3.8, 4) is 28.3 Å². The molecule has 0 amide bonds. The van der Waals surface area contributed by atoms with Crippen LogP contribution in [0.4, 0.5) is 5.00 Å². The molecule has 45 heavy (non-hydrogen) atoms. The Morgan fingerprint density at radius 3 is 2.04 bits per heavy atom. The Labute approximate surface area is 269 Å². The average molecular weight is 604 g/mol. The van der Waals surface area contributed by atoms with E-state index in [1.165, 1.54) is 51.4 Å². The van der Waals surface area contributed by atoms with E-state index in [9.17, 15) is 5.26 Å². The van der Waals surface area contributed by atoms with Crippen LogP contribution < -0.4 is 4.90 Å². The highest BCUT2D eigenvalue weighted by Gasteiger charge is 2.30. The van der Waals surface area contributed by atoms with Crippen LogP contribution in [0.1, 0.15) is 49.0 Å². The van der Waals surface area contributed by atoms with Crippen LogP contribution >= 0.6 is 11.3 Å². The van der Waals surface area contributed by atoms with Gasteiger partial charge >= 0.3 is 0 Å². The van der Waals surface area contributed by atoms with E-state index in [0.29, 0.717) is 11.3 Å². The molecule has 0 unspecified atom stereocenters. The van der Waals surface area contributed by atoms with Gasteiger partial charge in [0.05, 0.1) is 12.6 Å². The van der Waals surface area contributed by atoms with Crippen molar-refractivity contribution >= 4 is 28.2 Å². The van der Waals surface area contributed by atoms with Crippen molar-refractivity contribution in [1.29, 1.82) is 5.26 Å². The van der Waals surface area contributed by atoms with Gasteiger partial charge < -0.3 is 9.64 Å². The average Bonchev–Trinajstić information content (AvgIpc) is 3.49. The molecule has 0 atom stereocenters. The summed E-state index contributed by atoms with van der Waals surface area (Å²) >= 11 is 1.87. The van der Waals surface area contributed by atoms with Gasteiger partial charge in [0.1, 0.15) is 16.5 Å². The van der Waals surface area contributed by atoms with Crippen LogP contribution in [0.2, 0.25) is 0 Å². The highest BCUT2D eigenvalue weighted by Crippen LogP contribution is 2.51. The number of rotatable bonds is 5.